The third-order valence-corrected chi connectivity index (χ3v) is 2.84. The molecule has 1 saturated carbocycles. The highest BCUT2D eigenvalue weighted by Crippen LogP contribution is 2.36. The van der Waals surface area contributed by atoms with Gasteiger partial charge in [-0.3, -0.25) is 4.79 Å². The molecule has 17 heavy (non-hydrogen) atoms. The van der Waals surface area contributed by atoms with Crippen LogP contribution >= 0.6 is 0 Å². The molecule has 0 aromatic rings. The number of hydrogen-bond acceptors (Lipinski definition) is 2. The first-order valence-corrected chi connectivity index (χ1v) is 5.88. The van der Waals surface area contributed by atoms with Crippen LogP contribution in [0, 0.1) is 5.92 Å². The molecule has 0 spiro atoms. The second-order valence-corrected chi connectivity index (χ2v) is 4.77. The first-order chi connectivity index (χ1) is 7.79. The van der Waals surface area contributed by atoms with Crippen LogP contribution in [0.25, 0.3) is 0 Å². The Morgan fingerprint density at radius 2 is 1.94 bits per heavy atom. The lowest BCUT2D eigenvalue weighted by Crippen LogP contribution is -2.52. The normalized spacial score (nSPS) is 18.3. The maximum atomic E-state index is 12.9. The number of carbonyl (C=O) groups is 1. The van der Waals surface area contributed by atoms with Gasteiger partial charge in [0.25, 0.3) is 0 Å². The third-order valence-electron chi connectivity index (χ3n) is 2.84. The summed E-state index contributed by atoms with van der Waals surface area (Å²) in [4.78, 5) is 12.9. The Kier molecular flexibility index (Phi) is 4.41. The smallest absolute Gasteiger partial charge is 0.330 e. The number of hydrogen-bond donors (Lipinski definition) is 1. The summed E-state index contributed by atoms with van der Waals surface area (Å²) in [5.41, 5.74) is 5.22. The molecule has 0 aliphatic heterocycles. The van der Waals surface area contributed by atoms with Gasteiger partial charge < -0.3 is 10.6 Å². The standard InChI is InChI=1S/C11H19F3N2O/c1-7(2)10(17)16(8-3-4-8)9(5-6-15)11(12,13)14/h7-9H,3-6,15H2,1-2H3. The van der Waals surface area contributed by atoms with E-state index in [1.165, 1.54) is 0 Å². The lowest BCUT2D eigenvalue weighted by atomic mass is 10.1. The molecule has 1 fully saturated rings. The van der Waals surface area contributed by atoms with Crippen molar-refractivity contribution in [3.8, 4) is 0 Å². The summed E-state index contributed by atoms with van der Waals surface area (Å²) in [6.45, 7) is 3.17. The van der Waals surface area contributed by atoms with Gasteiger partial charge in [-0.25, -0.2) is 0 Å². The molecule has 0 aromatic carbocycles. The number of amides is 1. The van der Waals surface area contributed by atoms with Crippen molar-refractivity contribution in [2.24, 2.45) is 11.7 Å². The van der Waals surface area contributed by atoms with Crippen molar-refractivity contribution in [1.29, 1.82) is 0 Å². The summed E-state index contributed by atoms with van der Waals surface area (Å²) in [5.74, 6) is -0.846. The van der Waals surface area contributed by atoms with E-state index >= 15 is 0 Å². The molecule has 0 bridgehead atoms. The average molecular weight is 252 g/mol. The molecule has 1 aliphatic carbocycles. The number of alkyl halides is 3. The lowest BCUT2D eigenvalue weighted by Gasteiger charge is -2.34. The highest BCUT2D eigenvalue weighted by molar-refractivity contribution is 5.79. The minimum atomic E-state index is -4.40. The summed E-state index contributed by atoms with van der Waals surface area (Å²) in [7, 11) is 0. The molecule has 3 nitrogen and oxygen atoms in total. The molecule has 1 rings (SSSR count). The van der Waals surface area contributed by atoms with Crippen LogP contribution in [0.3, 0.4) is 0 Å². The third kappa shape index (κ3) is 3.59. The molecular formula is C11H19F3N2O. The van der Waals surface area contributed by atoms with Crippen molar-refractivity contribution in [2.45, 2.75) is 51.4 Å². The van der Waals surface area contributed by atoms with E-state index in [2.05, 4.69) is 0 Å². The molecule has 1 unspecified atom stereocenters. The number of nitrogens with zero attached hydrogens (tertiary/aromatic N) is 1. The predicted octanol–water partition coefficient (Wildman–Crippen LogP) is 1.91. The van der Waals surface area contributed by atoms with E-state index in [1.807, 2.05) is 0 Å². The molecule has 1 aliphatic rings. The van der Waals surface area contributed by atoms with Crippen molar-refractivity contribution in [1.82, 2.24) is 4.90 Å². The maximum Gasteiger partial charge on any atom is 0.408 e. The van der Waals surface area contributed by atoms with Crippen LogP contribution < -0.4 is 5.73 Å². The van der Waals surface area contributed by atoms with Crippen LogP contribution in [0.2, 0.25) is 0 Å². The van der Waals surface area contributed by atoms with Crippen LogP contribution in [0.5, 0.6) is 0 Å². The number of carbonyl (C=O) groups excluding carboxylic acids is 1. The van der Waals surface area contributed by atoms with E-state index in [4.69, 9.17) is 5.73 Å². The zero-order chi connectivity index (χ0) is 13.2. The molecular weight excluding hydrogens is 233 g/mol. The summed E-state index contributed by atoms with van der Waals surface area (Å²) in [5, 5.41) is 0. The van der Waals surface area contributed by atoms with E-state index in [1.54, 1.807) is 13.8 Å². The number of halogens is 3. The van der Waals surface area contributed by atoms with Gasteiger partial charge in [0.2, 0.25) is 5.91 Å². The molecule has 100 valence electrons. The summed E-state index contributed by atoms with van der Waals surface area (Å²) < 4.78 is 38.8. The second-order valence-electron chi connectivity index (χ2n) is 4.77. The molecule has 1 atom stereocenters. The SMILES string of the molecule is CC(C)C(=O)N(C1CC1)C(CCN)C(F)(F)F. The minimum Gasteiger partial charge on any atom is -0.330 e. The summed E-state index contributed by atoms with van der Waals surface area (Å²) in [6, 6.07) is -1.97. The van der Waals surface area contributed by atoms with Crippen molar-refractivity contribution in [3.63, 3.8) is 0 Å². The Labute approximate surface area is 99.1 Å². The van der Waals surface area contributed by atoms with Gasteiger partial charge in [-0.15, -0.1) is 0 Å². The van der Waals surface area contributed by atoms with Crippen molar-refractivity contribution >= 4 is 5.91 Å². The topological polar surface area (TPSA) is 46.3 Å². The molecule has 0 heterocycles. The van der Waals surface area contributed by atoms with Crippen LogP contribution in [0.15, 0.2) is 0 Å². The van der Waals surface area contributed by atoms with E-state index in [0.29, 0.717) is 12.8 Å². The molecule has 2 N–H and O–H groups in total. The van der Waals surface area contributed by atoms with Gasteiger partial charge in [0, 0.05) is 12.0 Å². The Balaban J connectivity index is 2.89. The Morgan fingerprint density at radius 1 is 1.41 bits per heavy atom. The zero-order valence-corrected chi connectivity index (χ0v) is 10.1. The monoisotopic (exact) mass is 252 g/mol. The van der Waals surface area contributed by atoms with Gasteiger partial charge in [0.1, 0.15) is 6.04 Å². The quantitative estimate of drug-likeness (QED) is 0.812. The zero-order valence-electron chi connectivity index (χ0n) is 10.1. The van der Waals surface area contributed by atoms with E-state index in [9.17, 15) is 18.0 Å². The Hall–Kier alpha value is -0.780. The lowest BCUT2D eigenvalue weighted by molar-refractivity contribution is -0.193. The average Bonchev–Trinajstić information content (AvgIpc) is 2.99. The van der Waals surface area contributed by atoms with E-state index < -0.39 is 24.0 Å². The second kappa shape index (κ2) is 5.25. The fourth-order valence-electron chi connectivity index (χ4n) is 1.86. The van der Waals surface area contributed by atoms with Gasteiger partial charge in [-0.2, -0.15) is 13.2 Å². The van der Waals surface area contributed by atoms with Crippen LogP contribution in [0.1, 0.15) is 33.1 Å². The molecule has 0 radical (unpaired) electrons. The number of rotatable bonds is 5. The van der Waals surface area contributed by atoms with E-state index in [-0.39, 0.29) is 19.0 Å². The largest absolute Gasteiger partial charge is 0.408 e. The van der Waals surface area contributed by atoms with Gasteiger partial charge in [0.15, 0.2) is 0 Å². The molecule has 6 heteroatoms. The Morgan fingerprint density at radius 3 is 2.24 bits per heavy atom. The Bertz CT molecular complexity index is 274. The minimum absolute atomic E-state index is 0.0707. The fraction of sp³-hybridized carbons (Fsp3) is 0.909. The highest BCUT2D eigenvalue weighted by Gasteiger charge is 2.49. The number of nitrogens with two attached hydrogens (primary N) is 1. The molecule has 1 amide bonds. The fourth-order valence-corrected chi connectivity index (χ4v) is 1.86. The summed E-state index contributed by atoms with van der Waals surface area (Å²) in [6.07, 6.45) is -3.30. The van der Waals surface area contributed by atoms with E-state index in [0.717, 1.165) is 4.90 Å². The molecule has 0 aromatic heterocycles. The van der Waals surface area contributed by atoms with Gasteiger partial charge in [0.05, 0.1) is 0 Å². The predicted molar refractivity (Wildman–Crippen MR) is 58.2 cm³/mol. The first-order valence-electron chi connectivity index (χ1n) is 5.88. The van der Waals surface area contributed by atoms with Crippen molar-refractivity contribution < 1.29 is 18.0 Å². The van der Waals surface area contributed by atoms with Crippen molar-refractivity contribution in [3.05, 3.63) is 0 Å². The molecule has 0 saturated heterocycles. The van der Waals surface area contributed by atoms with Crippen LogP contribution in [0.4, 0.5) is 13.2 Å². The van der Waals surface area contributed by atoms with Gasteiger partial charge >= 0.3 is 6.18 Å². The van der Waals surface area contributed by atoms with Crippen LogP contribution in [-0.2, 0) is 4.79 Å². The van der Waals surface area contributed by atoms with Gasteiger partial charge in [-0.1, -0.05) is 13.8 Å². The first kappa shape index (κ1) is 14.3. The highest BCUT2D eigenvalue weighted by atomic mass is 19.4. The van der Waals surface area contributed by atoms with Crippen molar-refractivity contribution in [2.75, 3.05) is 6.54 Å². The van der Waals surface area contributed by atoms with Gasteiger partial charge in [-0.05, 0) is 25.8 Å². The summed E-state index contributed by atoms with van der Waals surface area (Å²) >= 11 is 0. The maximum absolute atomic E-state index is 12.9. The van der Waals surface area contributed by atoms with Crippen LogP contribution in [-0.4, -0.2) is 35.6 Å².